The van der Waals surface area contributed by atoms with Gasteiger partial charge in [0.15, 0.2) is 16.3 Å². The Bertz CT molecular complexity index is 2130. The molecule has 0 unspecified atom stereocenters. The maximum absolute atomic E-state index is 14.0. The molecular formula is C33H24IN3O5S2. The van der Waals surface area contributed by atoms with E-state index in [-0.39, 0.29) is 23.9 Å². The van der Waals surface area contributed by atoms with E-state index in [4.69, 9.17) is 14.5 Å². The smallest absolute Gasteiger partial charge is 0.271 e. The Labute approximate surface area is 273 Å². The summed E-state index contributed by atoms with van der Waals surface area (Å²) in [6.45, 7) is 0.221. The number of hydrogen-bond acceptors (Lipinski definition) is 8. The van der Waals surface area contributed by atoms with Gasteiger partial charge in [0.2, 0.25) is 0 Å². The van der Waals surface area contributed by atoms with Crippen LogP contribution in [-0.2, 0) is 13.0 Å². The molecule has 1 aliphatic heterocycles. The molecule has 0 bridgehead atoms. The largest absolute Gasteiger partial charge is 0.493 e. The van der Waals surface area contributed by atoms with Crippen LogP contribution >= 0.6 is 45.3 Å². The molecule has 0 spiro atoms. The number of non-ortho nitro benzene ring substituents is 1. The molecule has 220 valence electrons. The number of fused-ring (bicyclic) bond motifs is 3. The van der Waals surface area contributed by atoms with Crippen LogP contribution in [-0.4, -0.2) is 16.6 Å². The zero-order valence-corrected chi connectivity index (χ0v) is 27.1. The van der Waals surface area contributed by atoms with Crippen LogP contribution in [0.2, 0.25) is 0 Å². The number of allylic oxidation sites excluding steroid dienone is 1. The second-order valence-corrected chi connectivity index (χ2v) is 13.5. The van der Waals surface area contributed by atoms with E-state index in [0.717, 1.165) is 43.7 Å². The SMILES string of the molecule is COc1cc(/C=c2/sc3n(c2=O)[C@@H](c2cccs2)C2=C(N=3)c3ccccc3CC2)cc(I)c1OCc1ccc([N+](=O)[O-])cc1. The van der Waals surface area contributed by atoms with E-state index in [1.54, 1.807) is 30.6 Å². The van der Waals surface area contributed by atoms with Gasteiger partial charge >= 0.3 is 0 Å². The fourth-order valence-electron chi connectivity index (χ4n) is 5.70. The van der Waals surface area contributed by atoms with Crippen molar-refractivity contribution >= 4 is 62.7 Å². The highest BCUT2D eigenvalue weighted by molar-refractivity contribution is 14.1. The van der Waals surface area contributed by atoms with E-state index in [1.807, 2.05) is 34.9 Å². The van der Waals surface area contributed by atoms with Crippen molar-refractivity contribution in [2.24, 2.45) is 4.99 Å². The molecule has 2 aromatic heterocycles. The Balaban J connectivity index is 1.27. The van der Waals surface area contributed by atoms with Crippen LogP contribution in [0.4, 0.5) is 5.69 Å². The van der Waals surface area contributed by atoms with Crippen molar-refractivity contribution < 1.29 is 14.4 Å². The number of methoxy groups -OCH3 is 1. The van der Waals surface area contributed by atoms with Gasteiger partial charge in [0.25, 0.3) is 11.2 Å². The third-order valence-corrected chi connectivity index (χ3v) is 10.5. The number of benzene rings is 3. The van der Waals surface area contributed by atoms with E-state index in [1.165, 1.54) is 34.6 Å². The van der Waals surface area contributed by atoms with Gasteiger partial charge in [0, 0.05) is 22.6 Å². The fraction of sp³-hybridized carbons (Fsp3) is 0.152. The molecule has 11 heteroatoms. The normalized spacial score (nSPS) is 15.7. The number of aromatic nitrogens is 1. The van der Waals surface area contributed by atoms with E-state index >= 15 is 0 Å². The molecule has 1 atom stereocenters. The number of nitro benzene ring substituents is 1. The quantitative estimate of drug-likeness (QED) is 0.109. The van der Waals surface area contributed by atoms with Crippen LogP contribution in [0, 0.1) is 13.7 Å². The summed E-state index contributed by atoms with van der Waals surface area (Å²) in [6, 6.07) is 22.4. The van der Waals surface area contributed by atoms with Crippen LogP contribution in [0.3, 0.4) is 0 Å². The lowest BCUT2D eigenvalue weighted by molar-refractivity contribution is -0.384. The van der Waals surface area contributed by atoms with Crippen molar-refractivity contribution in [2.75, 3.05) is 7.11 Å². The number of aryl methyl sites for hydroxylation is 1. The summed E-state index contributed by atoms with van der Waals surface area (Å²) >= 11 is 5.26. The van der Waals surface area contributed by atoms with Gasteiger partial charge < -0.3 is 9.47 Å². The van der Waals surface area contributed by atoms with E-state index in [9.17, 15) is 14.9 Å². The standard InChI is InChI=1S/C33H24IN3O5S2/c1-41-26-16-20(15-25(34)31(26)42-18-19-8-11-22(12-9-19)37(39)40)17-28-32(38)36-30(27-7-4-14-43-27)24-13-10-21-5-2-3-6-23(21)29(24)35-33(36)44-28/h2-9,11-12,14-17,30H,10,13,18H2,1H3/b28-17+/t30-/m1/s1. The van der Waals surface area contributed by atoms with Crippen LogP contribution in [0.5, 0.6) is 11.5 Å². The molecule has 0 N–H and O–H groups in total. The topological polar surface area (TPSA) is 96.0 Å². The van der Waals surface area contributed by atoms with Crippen molar-refractivity contribution in [3.8, 4) is 11.5 Å². The lowest BCUT2D eigenvalue weighted by Gasteiger charge is -2.30. The Kier molecular flexibility index (Phi) is 7.69. The predicted octanol–water partition coefficient (Wildman–Crippen LogP) is 6.48. The van der Waals surface area contributed by atoms with Crippen molar-refractivity contribution in [2.45, 2.75) is 25.5 Å². The molecule has 0 fully saturated rings. The molecule has 7 rings (SSSR count). The average Bonchev–Trinajstić information content (AvgIpc) is 3.67. The lowest BCUT2D eigenvalue weighted by atomic mass is 9.85. The second kappa shape index (κ2) is 11.8. The highest BCUT2D eigenvalue weighted by atomic mass is 127. The molecule has 3 heterocycles. The van der Waals surface area contributed by atoms with Gasteiger partial charge in [-0.3, -0.25) is 19.5 Å². The number of nitrogens with zero attached hydrogens (tertiary/aromatic N) is 3. The molecule has 8 nitrogen and oxygen atoms in total. The number of nitro groups is 1. The molecular weight excluding hydrogens is 709 g/mol. The molecule has 0 radical (unpaired) electrons. The van der Waals surface area contributed by atoms with Gasteiger partial charge in [-0.2, -0.15) is 0 Å². The van der Waals surface area contributed by atoms with E-state index in [2.05, 4.69) is 52.2 Å². The molecule has 2 aliphatic rings. The van der Waals surface area contributed by atoms with Gasteiger partial charge in [-0.15, -0.1) is 11.3 Å². The summed E-state index contributed by atoms with van der Waals surface area (Å²) in [5, 5.41) is 13.0. The summed E-state index contributed by atoms with van der Waals surface area (Å²) < 4.78 is 15.0. The first-order valence-corrected chi connectivity index (χ1v) is 16.6. The van der Waals surface area contributed by atoms with Gasteiger partial charge in [0.1, 0.15) is 6.61 Å². The van der Waals surface area contributed by atoms with E-state index in [0.29, 0.717) is 20.8 Å². The number of hydrogen-bond donors (Lipinski definition) is 0. The van der Waals surface area contributed by atoms with Gasteiger partial charge in [-0.1, -0.05) is 41.7 Å². The average molecular weight is 734 g/mol. The van der Waals surface area contributed by atoms with Crippen molar-refractivity contribution in [1.82, 2.24) is 4.57 Å². The van der Waals surface area contributed by atoms with Gasteiger partial charge in [0.05, 0.1) is 31.9 Å². The van der Waals surface area contributed by atoms with E-state index < -0.39 is 4.92 Å². The van der Waals surface area contributed by atoms with Crippen molar-refractivity contribution in [3.63, 3.8) is 0 Å². The number of halogens is 1. The predicted molar refractivity (Wildman–Crippen MR) is 180 cm³/mol. The summed E-state index contributed by atoms with van der Waals surface area (Å²) in [5.74, 6) is 1.09. The molecule has 3 aromatic carbocycles. The van der Waals surface area contributed by atoms with Crippen molar-refractivity contribution in [1.29, 1.82) is 0 Å². The Morgan fingerprint density at radius 3 is 2.68 bits per heavy atom. The zero-order chi connectivity index (χ0) is 30.4. The van der Waals surface area contributed by atoms with Crippen LogP contribution < -0.4 is 24.4 Å². The number of ether oxygens (including phenoxy) is 2. The summed E-state index contributed by atoms with van der Waals surface area (Å²) in [4.78, 5) is 31.5. The Morgan fingerprint density at radius 2 is 1.93 bits per heavy atom. The zero-order valence-electron chi connectivity index (χ0n) is 23.4. The summed E-state index contributed by atoms with van der Waals surface area (Å²) in [5.41, 5.74) is 6.19. The number of rotatable bonds is 7. The van der Waals surface area contributed by atoms with Crippen LogP contribution in [0.25, 0.3) is 11.8 Å². The summed E-state index contributed by atoms with van der Waals surface area (Å²) in [7, 11) is 1.57. The third kappa shape index (κ3) is 5.18. The highest BCUT2D eigenvalue weighted by Crippen LogP contribution is 2.42. The van der Waals surface area contributed by atoms with Gasteiger partial charge in [-0.25, -0.2) is 4.99 Å². The number of thiophene rings is 1. The van der Waals surface area contributed by atoms with Crippen molar-refractivity contribution in [3.05, 3.63) is 144 Å². The third-order valence-electron chi connectivity index (χ3n) is 7.77. The van der Waals surface area contributed by atoms with Crippen LogP contribution in [0.15, 0.2) is 93.5 Å². The molecule has 0 saturated carbocycles. The first kappa shape index (κ1) is 28.7. The molecule has 5 aromatic rings. The Morgan fingerprint density at radius 1 is 1.11 bits per heavy atom. The first-order valence-electron chi connectivity index (χ1n) is 13.8. The maximum atomic E-state index is 14.0. The highest BCUT2D eigenvalue weighted by Gasteiger charge is 2.33. The first-order chi connectivity index (χ1) is 21.4. The lowest BCUT2D eigenvalue weighted by Crippen LogP contribution is -2.38. The molecule has 1 aliphatic carbocycles. The van der Waals surface area contributed by atoms with Gasteiger partial charge in [-0.05, 0) is 99.5 Å². The minimum absolute atomic E-state index is 0.0299. The minimum Gasteiger partial charge on any atom is -0.493 e. The maximum Gasteiger partial charge on any atom is 0.271 e. The minimum atomic E-state index is -0.429. The Hall–Kier alpha value is -4.07. The fourth-order valence-corrected chi connectivity index (χ4v) is 8.33. The summed E-state index contributed by atoms with van der Waals surface area (Å²) in [6.07, 6.45) is 3.67. The number of thiazole rings is 1. The monoisotopic (exact) mass is 733 g/mol. The molecule has 44 heavy (non-hydrogen) atoms. The molecule has 0 amide bonds. The second-order valence-electron chi connectivity index (χ2n) is 10.4. The van der Waals surface area contributed by atoms with Crippen LogP contribution in [0.1, 0.15) is 39.6 Å². The molecule has 0 saturated heterocycles.